The van der Waals surface area contributed by atoms with Crippen LogP contribution < -0.4 is 10.6 Å². The first-order chi connectivity index (χ1) is 9.13. The lowest BCUT2D eigenvalue weighted by molar-refractivity contribution is 0.102. The van der Waals surface area contributed by atoms with Gasteiger partial charge in [0.1, 0.15) is 5.82 Å². The molecule has 2 N–H and O–H groups in total. The Bertz CT molecular complexity index is 616. The van der Waals surface area contributed by atoms with E-state index in [-0.39, 0.29) is 11.3 Å². The molecule has 0 atom stereocenters. The van der Waals surface area contributed by atoms with Crippen molar-refractivity contribution in [2.24, 2.45) is 0 Å². The molecule has 0 aliphatic rings. The van der Waals surface area contributed by atoms with Crippen LogP contribution in [0, 0.1) is 5.82 Å². The van der Waals surface area contributed by atoms with E-state index >= 15 is 0 Å². The summed E-state index contributed by atoms with van der Waals surface area (Å²) in [6.45, 7) is 0. The fraction of sp³-hybridized carbons (Fsp3) is 0.0714. The van der Waals surface area contributed by atoms with Crippen molar-refractivity contribution < 1.29 is 9.18 Å². The highest BCUT2D eigenvalue weighted by molar-refractivity contribution is 6.34. The molecule has 2 aromatic carbocycles. The zero-order valence-corrected chi connectivity index (χ0v) is 11.0. The molecule has 0 spiro atoms. The van der Waals surface area contributed by atoms with Gasteiger partial charge in [-0.25, -0.2) is 4.39 Å². The number of benzene rings is 2. The summed E-state index contributed by atoms with van der Waals surface area (Å²) in [6, 6.07) is 11.2. The van der Waals surface area contributed by atoms with Crippen molar-refractivity contribution in [2.45, 2.75) is 0 Å². The summed E-state index contributed by atoms with van der Waals surface area (Å²) in [5.74, 6) is -0.897. The van der Waals surface area contributed by atoms with Crippen LogP contribution >= 0.6 is 11.6 Å². The first-order valence-electron chi connectivity index (χ1n) is 5.65. The zero-order chi connectivity index (χ0) is 13.8. The molecule has 98 valence electrons. The summed E-state index contributed by atoms with van der Waals surface area (Å²) in [5, 5.41) is 5.76. The Labute approximate surface area is 115 Å². The molecule has 0 bridgehead atoms. The average Bonchev–Trinajstić information content (AvgIpc) is 2.41. The van der Waals surface area contributed by atoms with Crippen LogP contribution in [0.25, 0.3) is 0 Å². The molecule has 0 aliphatic heterocycles. The number of carbonyl (C=O) groups excluding carboxylic acids is 1. The van der Waals surface area contributed by atoms with Crippen LogP contribution in [0.5, 0.6) is 0 Å². The van der Waals surface area contributed by atoms with E-state index in [0.717, 1.165) is 0 Å². The molecule has 0 radical (unpaired) electrons. The third-order valence-electron chi connectivity index (χ3n) is 2.63. The summed E-state index contributed by atoms with van der Waals surface area (Å²) < 4.78 is 13.6. The highest BCUT2D eigenvalue weighted by Crippen LogP contribution is 2.24. The number of carbonyl (C=O) groups is 1. The van der Waals surface area contributed by atoms with Crippen molar-refractivity contribution >= 4 is 28.9 Å². The molecular weight excluding hydrogens is 267 g/mol. The van der Waals surface area contributed by atoms with Crippen LogP contribution in [0.4, 0.5) is 15.8 Å². The highest BCUT2D eigenvalue weighted by Gasteiger charge is 2.14. The quantitative estimate of drug-likeness (QED) is 0.897. The Morgan fingerprint density at radius 2 is 1.89 bits per heavy atom. The number of anilines is 2. The van der Waals surface area contributed by atoms with Crippen LogP contribution in [0.1, 0.15) is 10.4 Å². The van der Waals surface area contributed by atoms with Crippen molar-refractivity contribution in [1.82, 2.24) is 0 Å². The summed E-state index contributed by atoms with van der Waals surface area (Å²) in [5.41, 5.74) is 0.870. The standard InChI is InChI=1S/C14H12ClFN2O/c1-17-13-9(5-4-7-11(13)16)14(19)18-12-8-3-2-6-10(12)15/h2-8,17H,1H3,(H,18,19). The Morgan fingerprint density at radius 1 is 1.16 bits per heavy atom. The van der Waals surface area contributed by atoms with E-state index in [1.54, 1.807) is 37.4 Å². The van der Waals surface area contributed by atoms with Crippen molar-refractivity contribution in [1.29, 1.82) is 0 Å². The number of hydrogen-bond acceptors (Lipinski definition) is 2. The topological polar surface area (TPSA) is 41.1 Å². The van der Waals surface area contributed by atoms with Crippen molar-refractivity contribution in [2.75, 3.05) is 17.7 Å². The van der Waals surface area contributed by atoms with Crippen molar-refractivity contribution in [3.05, 3.63) is 58.9 Å². The molecule has 2 rings (SSSR count). The minimum atomic E-state index is -0.477. The van der Waals surface area contributed by atoms with Crippen molar-refractivity contribution in [3.63, 3.8) is 0 Å². The molecule has 2 aromatic rings. The van der Waals surface area contributed by atoms with Gasteiger partial charge in [0.25, 0.3) is 5.91 Å². The minimum Gasteiger partial charge on any atom is -0.385 e. The van der Waals surface area contributed by atoms with Gasteiger partial charge in [-0.3, -0.25) is 4.79 Å². The van der Waals surface area contributed by atoms with Crippen LogP contribution in [-0.4, -0.2) is 13.0 Å². The predicted molar refractivity (Wildman–Crippen MR) is 75.4 cm³/mol. The van der Waals surface area contributed by atoms with E-state index in [1.165, 1.54) is 12.1 Å². The number of hydrogen-bond donors (Lipinski definition) is 2. The largest absolute Gasteiger partial charge is 0.385 e. The molecule has 0 heterocycles. The summed E-state index contributed by atoms with van der Waals surface area (Å²) in [7, 11) is 1.56. The van der Waals surface area contributed by atoms with E-state index in [1.807, 2.05) is 0 Å². The number of rotatable bonds is 3. The maximum absolute atomic E-state index is 13.6. The Kier molecular flexibility index (Phi) is 4.02. The molecule has 0 aliphatic carbocycles. The third-order valence-corrected chi connectivity index (χ3v) is 2.96. The summed E-state index contributed by atoms with van der Waals surface area (Å²) >= 11 is 5.96. The second kappa shape index (κ2) is 5.71. The lowest BCUT2D eigenvalue weighted by Gasteiger charge is -2.11. The second-order valence-corrected chi connectivity index (χ2v) is 4.25. The Morgan fingerprint density at radius 3 is 2.58 bits per heavy atom. The van der Waals surface area contributed by atoms with Gasteiger partial charge in [0.2, 0.25) is 0 Å². The zero-order valence-electron chi connectivity index (χ0n) is 10.2. The van der Waals surface area contributed by atoms with Crippen LogP contribution in [0.15, 0.2) is 42.5 Å². The predicted octanol–water partition coefficient (Wildman–Crippen LogP) is 3.77. The van der Waals surface area contributed by atoms with Gasteiger partial charge in [-0.1, -0.05) is 29.8 Å². The molecule has 0 saturated carbocycles. The van der Waals surface area contributed by atoms with Crippen LogP contribution in [-0.2, 0) is 0 Å². The highest BCUT2D eigenvalue weighted by atomic mass is 35.5. The van der Waals surface area contributed by atoms with Crippen molar-refractivity contribution in [3.8, 4) is 0 Å². The van der Waals surface area contributed by atoms with E-state index in [9.17, 15) is 9.18 Å². The maximum atomic E-state index is 13.6. The normalized spacial score (nSPS) is 10.1. The Hall–Kier alpha value is -2.07. The summed E-state index contributed by atoms with van der Waals surface area (Å²) in [4.78, 5) is 12.1. The number of amides is 1. The molecule has 1 amide bonds. The smallest absolute Gasteiger partial charge is 0.257 e. The fourth-order valence-electron chi connectivity index (χ4n) is 1.72. The van der Waals surface area contributed by atoms with Gasteiger partial charge in [0.15, 0.2) is 0 Å². The van der Waals surface area contributed by atoms with Gasteiger partial charge >= 0.3 is 0 Å². The van der Waals surface area contributed by atoms with Gasteiger partial charge in [-0.15, -0.1) is 0 Å². The average molecular weight is 279 g/mol. The lowest BCUT2D eigenvalue weighted by atomic mass is 10.1. The SMILES string of the molecule is CNc1c(F)cccc1C(=O)Nc1ccccc1Cl. The monoisotopic (exact) mass is 278 g/mol. The fourth-order valence-corrected chi connectivity index (χ4v) is 1.90. The molecular formula is C14H12ClFN2O. The van der Waals surface area contributed by atoms with Crippen LogP contribution in [0.2, 0.25) is 5.02 Å². The molecule has 0 unspecified atom stereocenters. The van der Waals surface area contributed by atoms with E-state index in [4.69, 9.17) is 11.6 Å². The molecule has 0 saturated heterocycles. The maximum Gasteiger partial charge on any atom is 0.257 e. The number of nitrogens with one attached hydrogen (secondary N) is 2. The van der Waals surface area contributed by atoms with E-state index < -0.39 is 11.7 Å². The lowest BCUT2D eigenvalue weighted by Crippen LogP contribution is -2.15. The molecule has 0 fully saturated rings. The molecule has 0 aromatic heterocycles. The van der Waals surface area contributed by atoms with Gasteiger partial charge in [-0.2, -0.15) is 0 Å². The van der Waals surface area contributed by atoms with Gasteiger partial charge in [-0.05, 0) is 24.3 Å². The Balaban J connectivity index is 2.31. The third kappa shape index (κ3) is 2.85. The minimum absolute atomic E-state index is 0.159. The van der Waals surface area contributed by atoms with Gasteiger partial charge in [0.05, 0.1) is 22.0 Å². The second-order valence-electron chi connectivity index (χ2n) is 3.85. The summed E-state index contributed by atoms with van der Waals surface area (Å²) in [6.07, 6.45) is 0. The van der Waals surface area contributed by atoms with Crippen LogP contribution in [0.3, 0.4) is 0 Å². The number of halogens is 2. The first-order valence-corrected chi connectivity index (χ1v) is 6.03. The first kappa shape index (κ1) is 13.4. The van der Waals surface area contributed by atoms with E-state index in [2.05, 4.69) is 10.6 Å². The molecule has 19 heavy (non-hydrogen) atoms. The van der Waals surface area contributed by atoms with Gasteiger partial charge < -0.3 is 10.6 Å². The molecule has 3 nitrogen and oxygen atoms in total. The van der Waals surface area contributed by atoms with Gasteiger partial charge in [0, 0.05) is 7.05 Å². The van der Waals surface area contributed by atoms with E-state index in [0.29, 0.717) is 10.7 Å². The number of para-hydroxylation sites is 2. The molecule has 5 heteroatoms.